The molecule has 194 valence electrons. The van der Waals surface area contributed by atoms with Crippen molar-refractivity contribution < 1.29 is 35.2 Å². The highest BCUT2D eigenvalue weighted by Crippen LogP contribution is 2.56. The molecule has 3 saturated carbocycles. The monoisotopic (exact) mass is 535 g/mol. The van der Waals surface area contributed by atoms with Gasteiger partial charge in [-0.1, -0.05) is 12.1 Å². The molecule has 2 bridgehead atoms. The lowest BCUT2D eigenvalue weighted by molar-refractivity contribution is -0.141. The van der Waals surface area contributed by atoms with Gasteiger partial charge >= 0.3 is 6.18 Å². The Morgan fingerprint density at radius 3 is 2.22 bits per heavy atom. The lowest BCUT2D eigenvalue weighted by atomic mass is 9.81. The normalized spacial score (nSPS) is 23.1. The zero-order chi connectivity index (χ0) is 26.5. The number of carbonyl (C=O) groups excluding carboxylic acids is 1. The van der Waals surface area contributed by atoms with Crippen LogP contribution in [0.2, 0.25) is 0 Å². The van der Waals surface area contributed by atoms with Gasteiger partial charge in [0.1, 0.15) is 23.1 Å². The number of hydrogen-bond donors (Lipinski definition) is 0. The Hall–Kier alpha value is -3.14. The van der Waals surface area contributed by atoms with Gasteiger partial charge in [-0.15, -0.1) is 0 Å². The number of aryl methyl sites for hydroxylation is 1. The van der Waals surface area contributed by atoms with Crippen LogP contribution >= 0.6 is 0 Å². The number of rotatable bonds is 7. The molecule has 0 aliphatic heterocycles. The number of ketones is 1. The first-order valence-corrected chi connectivity index (χ1v) is 13.3. The number of hydrogen-bond acceptors (Lipinski definition) is 4. The third-order valence-corrected chi connectivity index (χ3v) is 9.74. The van der Waals surface area contributed by atoms with Crippen LogP contribution in [0.4, 0.5) is 22.0 Å². The summed E-state index contributed by atoms with van der Waals surface area (Å²) in [5, 5.41) is -0.864. The quantitative estimate of drug-likeness (QED) is 0.273. The molecule has 0 spiro atoms. The van der Waals surface area contributed by atoms with E-state index in [0.717, 1.165) is 24.4 Å². The average Bonchev–Trinajstić information content (AvgIpc) is 3.40. The van der Waals surface area contributed by atoms with E-state index in [0.29, 0.717) is 29.5 Å². The standard InChI is InChI=1S/C27H22F5NO3S/c28-20-3-5-22(6-4-20)37(35,36)26-19-11-18(12-19)25(26)23(34)7-1-15-9-17(13-21(29)10-15)16-2-8-24(33-14-16)27(30,31)32/h2-6,8-10,13-14,18-19,25-26H,1,7,11-12H2/t18?,19?,25-,26?/m0/s1. The third kappa shape index (κ3) is 4.91. The Balaban J connectivity index is 1.32. The van der Waals surface area contributed by atoms with Crippen molar-refractivity contribution in [3.05, 3.63) is 83.7 Å². The zero-order valence-electron chi connectivity index (χ0n) is 19.4. The molecule has 3 fully saturated rings. The van der Waals surface area contributed by atoms with E-state index in [4.69, 9.17) is 0 Å². The smallest absolute Gasteiger partial charge is 0.299 e. The van der Waals surface area contributed by atoms with Crippen molar-refractivity contribution in [2.24, 2.45) is 17.8 Å². The lowest BCUT2D eigenvalue weighted by Crippen LogP contribution is -2.32. The van der Waals surface area contributed by atoms with Gasteiger partial charge in [0.2, 0.25) is 0 Å². The molecule has 3 aliphatic carbocycles. The van der Waals surface area contributed by atoms with Crippen molar-refractivity contribution in [3.63, 3.8) is 0 Å². The van der Waals surface area contributed by atoms with Crippen molar-refractivity contribution in [1.82, 2.24) is 4.98 Å². The summed E-state index contributed by atoms with van der Waals surface area (Å²) in [7, 11) is -3.84. The second kappa shape index (κ2) is 9.31. The largest absolute Gasteiger partial charge is 0.433 e. The molecule has 0 saturated heterocycles. The predicted molar refractivity (Wildman–Crippen MR) is 125 cm³/mol. The maximum atomic E-state index is 14.3. The summed E-state index contributed by atoms with van der Waals surface area (Å²) < 4.78 is 92.6. The summed E-state index contributed by atoms with van der Waals surface area (Å²) in [6.45, 7) is 0. The van der Waals surface area contributed by atoms with Gasteiger partial charge in [-0.3, -0.25) is 9.78 Å². The number of fused-ring (bicyclic) bond motifs is 1. The van der Waals surface area contributed by atoms with Crippen LogP contribution in [0.25, 0.3) is 11.1 Å². The van der Waals surface area contributed by atoms with Crippen LogP contribution < -0.4 is 0 Å². The van der Waals surface area contributed by atoms with Gasteiger partial charge in [-0.05, 0) is 84.7 Å². The summed E-state index contributed by atoms with van der Waals surface area (Å²) in [6, 6.07) is 10.6. The van der Waals surface area contributed by atoms with Gasteiger partial charge in [-0.25, -0.2) is 17.2 Å². The molecule has 3 aliphatic rings. The topological polar surface area (TPSA) is 64.1 Å². The van der Waals surface area contributed by atoms with Crippen LogP contribution in [0.5, 0.6) is 0 Å². The van der Waals surface area contributed by atoms with E-state index >= 15 is 0 Å². The van der Waals surface area contributed by atoms with Gasteiger partial charge < -0.3 is 0 Å². The van der Waals surface area contributed by atoms with E-state index in [-0.39, 0.29) is 35.4 Å². The number of pyridine rings is 1. The summed E-state index contributed by atoms with van der Waals surface area (Å²) >= 11 is 0. The second-order valence-corrected chi connectivity index (χ2v) is 11.8. The highest BCUT2D eigenvalue weighted by Gasteiger charge is 2.59. The fourth-order valence-corrected chi connectivity index (χ4v) is 7.95. The molecular weight excluding hydrogens is 513 g/mol. The molecule has 2 atom stereocenters. The van der Waals surface area contributed by atoms with Crippen molar-refractivity contribution in [3.8, 4) is 11.1 Å². The van der Waals surface area contributed by atoms with E-state index in [1.165, 1.54) is 30.3 Å². The van der Waals surface area contributed by atoms with Gasteiger partial charge in [0.15, 0.2) is 9.84 Å². The molecule has 1 heterocycles. The number of aromatic nitrogens is 1. The van der Waals surface area contributed by atoms with Crippen molar-refractivity contribution >= 4 is 15.6 Å². The molecular formula is C27H22F5NO3S. The summed E-state index contributed by atoms with van der Waals surface area (Å²) in [5.41, 5.74) is 0.0239. The Bertz CT molecular complexity index is 1430. The minimum Gasteiger partial charge on any atom is -0.299 e. The molecule has 4 nitrogen and oxygen atoms in total. The van der Waals surface area contributed by atoms with Gasteiger partial charge in [0.05, 0.1) is 10.1 Å². The summed E-state index contributed by atoms with van der Waals surface area (Å²) in [4.78, 5) is 16.6. The molecule has 6 rings (SSSR count). The van der Waals surface area contributed by atoms with E-state index < -0.39 is 44.5 Å². The van der Waals surface area contributed by atoms with Gasteiger partial charge in [0, 0.05) is 24.1 Å². The predicted octanol–water partition coefficient (Wildman–Crippen LogP) is 6.05. The minimum absolute atomic E-state index is 0.00250. The Labute approximate surface area is 210 Å². The van der Waals surface area contributed by atoms with Crippen LogP contribution in [0.3, 0.4) is 0 Å². The van der Waals surface area contributed by atoms with Crippen LogP contribution in [-0.4, -0.2) is 24.4 Å². The van der Waals surface area contributed by atoms with E-state index in [1.807, 2.05) is 0 Å². The second-order valence-electron chi connectivity index (χ2n) is 9.73. The SMILES string of the molecule is O=C(CCc1cc(F)cc(-c2ccc(C(F)(F)F)nc2)c1)[C@@H]1C2CC(C2)C1S(=O)(=O)c1ccc(F)cc1. The maximum Gasteiger partial charge on any atom is 0.433 e. The Morgan fingerprint density at radius 2 is 1.59 bits per heavy atom. The summed E-state index contributed by atoms with van der Waals surface area (Å²) in [6.07, 6.45) is -2.14. The molecule has 2 aromatic carbocycles. The van der Waals surface area contributed by atoms with E-state index in [9.17, 15) is 35.2 Å². The molecule has 1 aromatic heterocycles. The molecule has 10 heteroatoms. The number of benzene rings is 2. The highest BCUT2D eigenvalue weighted by molar-refractivity contribution is 7.92. The molecule has 37 heavy (non-hydrogen) atoms. The van der Waals surface area contributed by atoms with E-state index in [1.54, 1.807) is 6.07 Å². The van der Waals surface area contributed by atoms with E-state index in [2.05, 4.69) is 4.98 Å². The number of Topliss-reactive ketones (excluding diaryl/α,β-unsaturated/α-hetero) is 1. The molecule has 0 amide bonds. The van der Waals surface area contributed by atoms with Crippen LogP contribution in [0, 0.1) is 29.4 Å². The number of sulfone groups is 1. The first kappa shape index (κ1) is 25.5. The summed E-state index contributed by atoms with van der Waals surface area (Å²) in [5.74, 6) is -2.21. The van der Waals surface area contributed by atoms with Crippen LogP contribution in [-0.2, 0) is 27.2 Å². The van der Waals surface area contributed by atoms with Crippen molar-refractivity contribution in [2.75, 3.05) is 0 Å². The lowest BCUT2D eigenvalue weighted by Gasteiger charge is -2.24. The molecule has 3 aromatic rings. The fraction of sp³-hybridized carbons (Fsp3) is 0.333. The Morgan fingerprint density at radius 1 is 0.892 bits per heavy atom. The fourth-order valence-electron chi connectivity index (χ4n) is 5.63. The number of nitrogens with zero attached hydrogens (tertiary/aromatic N) is 1. The van der Waals surface area contributed by atoms with Crippen molar-refractivity contribution in [1.29, 1.82) is 0 Å². The first-order valence-electron chi connectivity index (χ1n) is 11.8. The number of carbonyl (C=O) groups is 1. The average molecular weight is 536 g/mol. The molecule has 1 unspecified atom stereocenters. The maximum absolute atomic E-state index is 14.3. The minimum atomic E-state index is -4.59. The molecule has 0 radical (unpaired) electrons. The van der Waals surface area contributed by atoms with Gasteiger partial charge in [-0.2, -0.15) is 13.2 Å². The van der Waals surface area contributed by atoms with Crippen molar-refractivity contribution in [2.45, 2.75) is 42.0 Å². The van der Waals surface area contributed by atoms with Crippen LogP contribution in [0.15, 0.2) is 65.7 Å². The zero-order valence-corrected chi connectivity index (χ0v) is 20.2. The number of alkyl halides is 3. The first-order chi connectivity index (χ1) is 17.4. The third-order valence-electron chi connectivity index (χ3n) is 7.41. The number of halogens is 5. The van der Waals surface area contributed by atoms with Gasteiger partial charge in [0.25, 0.3) is 0 Å². The molecule has 0 N–H and O–H groups in total. The highest BCUT2D eigenvalue weighted by atomic mass is 32.2. The van der Waals surface area contributed by atoms with Crippen LogP contribution in [0.1, 0.15) is 30.5 Å². The Kier molecular flexibility index (Phi) is 6.42.